The van der Waals surface area contributed by atoms with Crippen LogP contribution in [-0.2, 0) is 32.0 Å². The van der Waals surface area contributed by atoms with E-state index in [1.807, 2.05) is 0 Å². The lowest BCUT2D eigenvalue weighted by Crippen LogP contribution is -2.61. The molecular weight excluding hydrogens is 1070 g/mol. The maximum atomic E-state index is 15.2. The molecule has 0 aromatic heterocycles. The molecule has 0 amide bonds. The number of hydrogen-bond acceptors (Lipinski definition) is 6. The van der Waals surface area contributed by atoms with Crippen LogP contribution in [0.3, 0.4) is 0 Å². The van der Waals surface area contributed by atoms with Gasteiger partial charge in [0, 0.05) is 0 Å². The average Bonchev–Trinajstić information content (AvgIpc) is 3.05. The Morgan fingerprint density at radius 2 is 0.394 bits per heavy atom. The van der Waals surface area contributed by atoms with Crippen LogP contribution in [0.25, 0.3) is 0 Å². The van der Waals surface area contributed by atoms with Crippen LogP contribution >= 0.6 is 0 Å². The van der Waals surface area contributed by atoms with Crippen LogP contribution < -0.4 is 0 Å². The number of hydrogen-bond donors (Lipinski definition) is 3. The van der Waals surface area contributed by atoms with Crippen molar-refractivity contribution in [3.8, 4) is 17.2 Å². The highest BCUT2D eigenvalue weighted by atomic mass is 19.4. The zero-order valence-corrected chi connectivity index (χ0v) is 28.4. The van der Waals surface area contributed by atoms with Crippen molar-refractivity contribution in [2.45, 2.75) is 109 Å². The number of phenolic OH excluding ortho intramolecular Hbond substituents is 3. The quantitative estimate of drug-likeness (QED) is 0.106. The number of alkyl halides is 36. The zero-order valence-electron chi connectivity index (χ0n) is 28.4. The number of benzene rings is 1. The fraction of sp³-hybridized carbons (Fsp3) is 0.750. The monoisotopic (exact) mass is 1070 g/mol. The second-order valence-electron chi connectivity index (χ2n) is 11.8. The van der Waals surface area contributed by atoms with E-state index in [0.717, 1.165) is 14.2 Å². The molecule has 0 fully saturated rings. The van der Waals surface area contributed by atoms with Crippen molar-refractivity contribution in [2.75, 3.05) is 0 Å². The van der Waals surface area contributed by atoms with E-state index >= 15 is 26.3 Å². The van der Waals surface area contributed by atoms with Gasteiger partial charge >= 0.3 is 109 Å². The first-order valence-corrected chi connectivity index (χ1v) is 14.2. The van der Waals surface area contributed by atoms with Gasteiger partial charge in [-0.1, -0.05) is 0 Å². The van der Waals surface area contributed by atoms with Gasteiger partial charge in [0.2, 0.25) is 0 Å². The summed E-state index contributed by atoms with van der Waals surface area (Å²) in [6, 6.07) is 0. The molecule has 42 heteroatoms. The topological polar surface area (TPSA) is 88.4 Å². The van der Waals surface area contributed by atoms with Crippen LogP contribution in [0.15, 0.2) is 0 Å². The van der Waals surface area contributed by atoms with E-state index in [9.17, 15) is 147 Å². The average molecular weight is 1070 g/mol. The standard InChI is InChI=1S/C24H6F36O6/c25-7(26)13(37,38)19(49,50)64-22(55,56)16(43,44)10(31,32)1-4(61)2(11(33,34)17(45,46)23(57,58)65-20(51,52)14(39,40)8(27)28)6(63)3(5(1)62)12(35,36)18(47,48)24(59,60)66-21(53,54)15(41,42)9(29)30/h7-9,61-63H. The number of ether oxygens (including phenoxy) is 3. The van der Waals surface area contributed by atoms with Gasteiger partial charge in [-0.25, -0.2) is 40.6 Å². The molecule has 0 radical (unpaired) electrons. The summed E-state index contributed by atoms with van der Waals surface area (Å²) in [7, 11) is 0. The summed E-state index contributed by atoms with van der Waals surface area (Å²) in [4.78, 5) is 0. The molecule has 66 heavy (non-hydrogen) atoms. The Morgan fingerprint density at radius 1 is 0.258 bits per heavy atom. The summed E-state index contributed by atoms with van der Waals surface area (Å²) in [5, 5.41) is 29.1. The van der Waals surface area contributed by atoms with E-state index in [2.05, 4.69) is 0 Å². The molecule has 390 valence electrons. The molecular formula is C24H6F36O6. The lowest BCUT2D eigenvalue weighted by molar-refractivity contribution is -0.494. The predicted molar refractivity (Wildman–Crippen MR) is 124 cm³/mol. The third-order valence-electron chi connectivity index (χ3n) is 7.40. The van der Waals surface area contributed by atoms with E-state index in [4.69, 9.17) is 0 Å². The zero-order chi connectivity index (χ0) is 53.8. The molecule has 1 aromatic rings. The summed E-state index contributed by atoms with van der Waals surface area (Å²) in [6.07, 6.45) is -69.3. The Kier molecular flexibility index (Phi) is 14.8. The van der Waals surface area contributed by atoms with Crippen molar-refractivity contribution >= 4 is 0 Å². The lowest BCUT2D eigenvalue weighted by Gasteiger charge is -2.39. The van der Waals surface area contributed by atoms with E-state index < -0.39 is 143 Å². The lowest BCUT2D eigenvalue weighted by atomic mass is 9.85. The van der Waals surface area contributed by atoms with Gasteiger partial charge in [-0.15, -0.1) is 0 Å². The van der Waals surface area contributed by atoms with Crippen molar-refractivity contribution in [1.82, 2.24) is 0 Å². The number of aromatic hydroxyl groups is 3. The minimum Gasteiger partial charge on any atom is -0.507 e. The Balaban J connectivity index is 4.82. The Labute approximate surface area is 332 Å². The van der Waals surface area contributed by atoms with Crippen molar-refractivity contribution in [3.63, 3.8) is 0 Å². The second-order valence-corrected chi connectivity index (χ2v) is 11.8. The minimum absolute atomic E-state index is 1.12. The van der Waals surface area contributed by atoms with Crippen LogP contribution in [0.2, 0.25) is 0 Å². The second kappa shape index (κ2) is 16.3. The molecule has 0 atom stereocenters. The Bertz CT molecular complexity index is 1690. The summed E-state index contributed by atoms with van der Waals surface area (Å²) >= 11 is 0. The smallest absolute Gasteiger partial charge is 0.430 e. The van der Waals surface area contributed by atoms with Crippen LogP contribution in [0.4, 0.5) is 158 Å². The molecule has 6 nitrogen and oxygen atoms in total. The first kappa shape index (κ1) is 60.0. The third-order valence-corrected chi connectivity index (χ3v) is 7.40. The van der Waals surface area contributed by atoms with Gasteiger partial charge in [0.05, 0.1) is 0 Å². The molecule has 0 aliphatic rings. The number of rotatable bonds is 21. The SMILES string of the molecule is Oc1c(C(F)(F)C(F)(F)C(F)(F)OC(F)(F)C(F)(F)C(F)F)c(O)c(C(F)(F)C(F)(F)C(F)(F)OC(F)(F)C(F)(F)C(F)F)c(O)c1C(F)(F)C(F)(F)C(F)(F)OC(F)(F)C(F)(F)C(F)F. The molecule has 1 rings (SSSR count). The Hall–Kier alpha value is -4.02. The van der Waals surface area contributed by atoms with E-state index in [1.165, 1.54) is 0 Å². The highest BCUT2D eigenvalue weighted by Crippen LogP contribution is 2.68. The van der Waals surface area contributed by atoms with Gasteiger partial charge in [0.1, 0.15) is 33.9 Å². The third kappa shape index (κ3) is 8.69. The maximum absolute atomic E-state index is 15.2. The van der Waals surface area contributed by atoms with Gasteiger partial charge in [-0.2, -0.15) is 132 Å². The van der Waals surface area contributed by atoms with Gasteiger partial charge in [-0.3, -0.25) is 0 Å². The van der Waals surface area contributed by atoms with Gasteiger partial charge in [-0.05, 0) is 0 Å². The van der Waals surface area contributed by atoms with Crippen LogP contribution in [-0.4, -0.2) is 107 Å². The summed E-state index contributed by atoms with van der Waals surface area (Å²) in [6.45, 7) is 0. The first-order valence-electron chi connectivity index (χ1n) is 14.2. The molecule has 0 aliphatic heterocycles. The fourth-order valence-electron chi connectivity index (χ4n) is 3.88. The van der Waals surface area contributed by atoms with Crippen LogP contribution in [0.1, 0.15) is 16.7 Å². The summed E-state index contributed by atoms with van der Waals surface area (Å²) in [5.41, 5.74) is -16.8. The van der Waals surface area contributed by atoms with Crippen LogP contribution in [0, 0.1) is 0 Å². The normalized spacial score (nSPS) is 16.0. The Morgan fingerprint density at radius 3 is 0.515 bits per heavy atom. The highest BCUT2D eigenvalue weighted by molar-refractivity contribution is 5.66. The van der Waals surface area contributed by atoms with Crippen molar-refractivity contribution < 1.29 is 188 Å². The fourth-order valence-corrected chi connectivity index (χ4v) is 3.88. The first-order chi connectivity index (χ1) is 28.3. The number of phenols is 3. The molecule has 0 aliphatic carbocycles. The van der Waals surface area contributed by atoms with Crippen molar-refractivity contribution in [3.05, 3.63) is 16.7 Å². The van der Waals surface area contributed by atoms with Gasteiger partial charge < -0.3 is 15.3 Å². The van der Waals surface area contributed by atoms with Crippen molar-refractivity contribution in [2.24, 2.45) is 0 Å². The maximum Gasteiger partial charge on any atom is 0.430 e. The van der Waals surface area contributed by atoms with E-state index in [1.54, 1.807) is 0 Å². The molecule has 1 aromatic carbocycles. The van der Waals surface area contributed by atoms with Crippen LogP contribution in [0.5, 0.6) is 17.2 Å². The molecule has 0 saturated heterocycles. The molecule has 0 spiro atoms. The largest absolute Gasteiger partial charge is 0.507 e. The summed E-state index contributed by atoms with van der Waals surface area (Å²) < 4.78 is 499. The van der Waals surface area contributed by atoms with Gasteiger partial charge in [0.25, 0.3) is 0 Å². The van der Waals surface area contributed by atoms with E-state index in [-0.39, 0.29) is 0 Å². The van der Waals surface area contributed by atoms with Gasteiger partial charge in [0.15, 0.2) is 0 Å². The molecule has 0 bridgehead atoms. The molecule has 3 N–H and O–H groups in total. The predicted octanol–water partition coefficient (Wildman–Crippen LogP) is 12.3. The molecule has 0 unspecified atom stereocenters. The summed E-state index contributed by atoms with van der Waals surface area (Å²) in [5.74, 6) is -92.9. The number of halogens is 36. The van der Waals surface area contributed by atoms with E-state index in [0.29, 0.717) is 0 Å². The van der Waals surface area contributed by atoms with Crippen molar-refractivity contribution in [1.29, 1.82) is 0 Å². The minimum atomic E-state index is -9.12. The molecule has 0 saturated carbocycles. The molecule has 0 heterocycles. The highest BCUT2D eigenvalue weighted by Gasteiger charge is 2.84.